The molecule has 16 heavy (non-hydrogen) atoms. The predicted octanol–water partition coefficient (Wildman–Crippen LogP) is 1.70. The van der Waals surface area contributed by atoms with Gasteiger partial charge in [0.05, 0.1) is 0 Å². The van der Waals surface area contributed by atoms with E-state index in [2.05, 4.69) is 4.90 Å². The van der Waals surface area contributed by atoms with Crippen LogP contribution >= 0.6 is 0 Å². The van der Waals surface area contributed by atoms with E-state index in [1.807, 2.05) is 25.7 Å². The zero-order valence-corrected chi connectivity index (χ0v) is 10.5. The predicted molar refractivity (Wildman–Crippen MR) is 62.4 cm³/mol. The van der Waals surface area contributed by atoms with Gasteiger partial charge in [0.25, 0.3) is 0 Å². The number of piperazine rings is 1. The molecule has 1 unspecified atom stereocenters. The number of ether oxygens (including phenoxy) is 1. The summed E-state index contributed by atoms with van der Waals surface area (Å²) in [4.78, 5) is 16.2. The van der Waals surface area contributed by atoms with Crippen LogP contribution in [-0.4, -0.2) is 53.7 Å². The van der Waals surface area contributed by atoms with Crippen LogP contribution in [0.1, 0.15) is 33.6 Å². The zero-order valence-electron chi connectivity index (χ0n) is 10.5. The van der Waals surface area contributed by atoms with Crippen LogP contribution in [0.15, 0.2) is 0 Å². The summed E-state index contributed by atoms with van der Waals surface area (Å²) in [5, 5.41) is 0. The lowest BCUT2D eigenvalue weighted by atomic mass is 10.1. The van der Waals surface area contributed by atoms with E-state index in [1.54, 1.807) is 0 Å². The van der Waals surface area contributed by atoms with E-state index in [1.165, 1.54) is 19.4 Å². The second kappa shape index (κ2) is 4.24. The largest absolute Gasteiger partial charge is 0.444 e. The van der Waals surface area contributed by atoms with E-state index in [-0.39, 0.29) is 11.7 Å². The SMILES string of the molecule is CC(C)(C)OC(=O)N1CCN2CCCC2C1. The molecule has 4 nitrogen and oxygen atoms in total. The second-order valence-corrected chi connectivity index (χ2v) is 5.76. The van der Waals surface area contributed by atoms with E-state index in [0.717, 1.165) is 19.6 Å². The van der Waals surface area contributed by atoms with Crippen LogP contribution in [0.5, 0.6) is 0 Å². The van der Waals surface area contributed by atoms with E-state index in [0.29, 0.717) is 6.04 Å². The van der Waals surface area contributed by atoms with Gasteiger partial charge in [-0.3, -0.25) is 4.90 Å². The van der Waals surface area contributed by atoms with Crippen molar-refractivity contribution in [2.75, 3.05) is 26.2 Å². The van der Waals surface area contributed by atoms with Crippen molar-refractivity contribution in [1.29, 1.82) is 0 Å². The Labute approximate surface area is 97.5 Å². The van der Waals surface area contributed by atoms with E-state index in [4.69, 9.17) is 4.74 Å². The van der Waals surface area contributed by atoms with Crippen LogP contribution in [0.25, 0.3) is 0 Å². The molecular formula is C12H22N2O2. The lowest BCUT2D eigenvalue weighted by molar-refractivity contribution is 0.00926. The van der Waals surface area contributed by atoms with Crippen LogP contribution in [0.2, 0.25) is 0 Å². The highest BCUT2D eigenvalue weighted by Crippen LogP contribution is 2.22. The summed E-state index contributed by atoms with van der Waals surface area (Å²) in [6, 6.07) is 0.571. The van der Waals surface area contributed by atoms with Crippen molar-refractivity contribution in [3.63, 3.8) is 0 Å². The number of fused-ring (bicyclic) bond motifs is 1. The topological polar surface area (TPSA) is 32.8 Å². The third-order valence-electron chi connectivity index (χ3n) is 3.24. The molecule has 2 aliphatic rings. The molecule has 92 valence electrons. The lowest BCUT2D eigenvalue weighted by Crippen LogP contribution is -2.53. The van der Waals surface area contributed by atoms with Gasteiger partial charge in [-0.15, -0.1) is 0 Å². The van der Waals surface area contributed by atoms with Gasteiger partial charge in [0.15, 0.2) is 0 Å². The highest BCUT2D eigenvalue weighted by atomic mass is 16.6. The highest BCUT2D eigenvalue weighted by molar-refractivity contribution is 5.68. The summed E-state index contributed by atoms with van der Waals surface area (Å²) < 4.78 is 5.39. The fraction of sp³-hybridized carbons (Fsp3) is 0.917. The molecule has 0 bridgehead atoms. The Morgan fingerprint density at radius 1 is 1.25 bits per heavy atom. The molecule has 0 aromatic heterocycles. The van der Waals surface area contributed by atoms with Gasteiger partial charge in [0, 0.05) is 25.7 Å². The molecule has 2 aliphatic heterocycles. The molecule has 0 aliphatic carbocycles. The van der Waals surface area contributed by atoms with E-state index < -0.39 is 0 Å². The number of carbonyl (C=O) groups is 1. The first kappa shape index (κ1) is 11.7. The van der Waals surface area contributed by atoms with E-state index >= 15 is 0 Å². The van der Waals surface area contributed by atoms with Crippen molar-refractivity contribution >= 4 is 6.09 Å². The van der Waals surface area contributed by atoms with Crippen molar-refractivity contribution in [3.8, 4) is 0 Å². The van der Waals surface area contributed by atoms with Gasteiger partial charge in [-0.2, -0.15) is 0 Å². The van der Waals surface area contributed by atoms with Crippen molar-refractivity contribution in [2.24, 2.45) is 0 Å². The molecule has 1 amide bonds. The monoisotopic (exact) mass is 226 g/mol. The number of carbonyl (C=O) groups excluding carboxylic acids is 1. The normalized spacial score (nSPS) is 26.7. The Bertz CT molecular complexity index is 273. The molecule has 0 radical (unpaired) electrons. The molecule has 1 atom stereocenters. The minimum absolute atomic E-state index is 0.154. The van der Waals surface area contributed by atoms with Crippen LogP contribution in [0.4, 0.5) is 4.79 Å². The fourth-order valence-corrected chi connectivity index (χ4v) is 2.48. The van der Waals surface area contributed by atoms with Gasteiger partial charge in [0.2, 0.25) is 0 Å². The average Bonchev–Trinajstić information content (AvgIpc) is 2.61. The Hall–Kier alpha value is -0.770. The first-order valence-corrected chi connectivity index (χ1v) is 6.18. The smallest absolute Gasteiger partial charge is 0.410 e. The molecule has 0 saturated carbocycles. The zero-order chi connectivity index (χ0) is 11.8. The average molecular weight is 226 g/mol. The minimum atomic E-state index is -0.385. The molecule has 0 aromatic rings. The molecule has 0 aromatic carbocycles. The highest BCUT2D eigenvalue weighted by Gasteiger charge is 2.34. The van der Waals surface area contributed by atoms with Crippen molar-refractivity contribution in [3.05, 3.63) is 0 Å². The molecule has 0 N–H and O–H groups in total. The molecule has 2 fully saturated rings. The third kappa shape index (κ3) is 2.67. The van der Waals surface area contributed by atoms with E-state index in [9.17, 15) is 4.79 Å². The van der Waals surface area contributed by atoms with Crippen LogP contribution in [-0.2, 0) is 4.74 Å². The van der Waals surface area contributed by atoms with Crippen LogP contribution in [0, 0.1) is 0 Å². The van der Waals surface area contributed by atoms with Crippen LogP contribution < -0.4 is 0 Å². The van der Waals surface area contributed by atoms with Gasteiger partial charge in [-0.1, -0.05) is 0 Å². The molecule has 2 heterocycles. The first-order chi connectivity index (χ1) is 7.46. The van der Waals surface area contributed by atoms with Gasteiger partial charge in [-0.25, -0.2) is 4.79 Å². The molecule has 4 heteroatoms. The van der Waals surface area contributed by atoms with Gasteiger partial charge in [-0.05, 0) is 40.2 Å². The summed E-state index contributed by atoms with van der Waals surface area (Å²) in [5.74, 6) is 0. The number of amides is 1. The summed E-state index contributed by atoms with van der Waals surface area (Å²) in [6.07, 6.45) is 2.34. The lowest BCUT2D eigenvalue weighted by Gasteiger charge is -2.37. The van der Waals surface area contributed by atoms with Gasteiger partial charge < -0.3 is 9.64 Å². The Kier molecular flexibility index (Phi) is 3.10. The maximum Gasteiger partial charge on any atom is 0.410 e. The first-order valence-electron chi connectivity index (χ1n) is 6.18. The van der Waals surface area contributed by atoms with Crippen LogP contribution in [0.3, 0.4) is 0 Å². The maximum atomic E-state index is 11.9. The Morgan fingerprint density at radius 2 is 2.00 bits per heavy atom. The Morgan fingerprint density at radius 3 is 2.69 bits per heavy atom. The number of hydrogen-bond donors (Lipinski definition) is 0. The summed E-state index contributed by atoms with van der Waals surface area (Å²) in [6.45, 7) is 9.60. The summed E-state index contributed by atoms with van der Waals surface area (Å²) in [5.41, 5.74) is -0.385. The van der Waals surface area contributed by atoms with Crippen molar-refractivity contribution in [2.45, 2.75) is 45.3 Å². The quantitative estimate of drug-likeness (QED) is 0.630. The maximum absolute atomic E-state index is 11.9. The summed E-state index contributed by atoms with van der Waals surface area (Å²) in [7, 11) is 0. The number of hydrogen-bond acceptors (Lipinski definition) is 3. The number of rotatable bonds is 0. The molecular weight excluding hydrogens is 204 g/mol. The fourth-order valence-electron chi connectivity index (χ4n) is 2.48. The third-order valence-corrected chi connectivity index (χ3v) is 3.24. The molecule has 2 saturated heterocycles. The molecule has 2 rings (SSSR count). The van der Waals surface area contributed by atoms with Gasteiger partial charge >= 0.3 is 6.09 Å². The number of nitrogens with zero attached hydrogens (tertiary/aromatic N) is 2. The minimum Gasteiger partial charge on any atom is -0.444 e. The van der Waals surface area contributed by atoms with Gasteiger partial charge in [0.1, 0.15) is 5.60 Å². The standard InChI is InChI=1S/C12H22N2O2/c1-12(2,3)16-11(15)14-8-7-13-6-4-5-10(13)9-14/h10H,4-9H2,1-3H3. The molecule has 0 spiro atoms. The second-order valence-electron chi connectivity index (χ2n) is 5.76. The summed E-state index contributed by atoms with van der Waals surface area (Å²) >= 11 is 0. The Balaban J connectivity index is 1.89. The van der Waals surface area contributed by atoms with Crippen molar-refractivity contribution < 1.29 is 9.53 Å². The van der Waals surface area contributed by atoms with Crippen molar-refractivity contribution in [1.82, 2.24) is 9.80 Å².